The number of anilines is 1. The monoisotopic (exact) mass is 363 g/mol. The molecular weight excluding hydrogens is 342 g/mol. The van der Waals surface area contributed by atoms with Crippen molar-refractivity contribution in [2.24, 2.45) is 15.9 Å². The normalized spacial score (nSPS) is 12.3. The van der Waals surface area contributed by atoms with Crippen molar-refractivity contribution in [3.05, 3.63) is 59.8 Å². The fourth-order valence-corrected chi connectivity index (χ4v) is 2.56. The molecule has 0 unspecified atom stereocenters. The summed E-state index contributed by atoms with van der Waals surface area (Å²) in [6.45, 7) is 3.52. The largest absolute Gasteiger partial charge is 0.497 e. The van der Waals surface area contributed by atoms with Gasteiger partial charge in [-0.2, -0.15) is 5.10 Å². The van der Waals surface area contributed by atoms with E-state index in [4.69, 9.17) is 10.5 Å². The van der Waals surface area contributed by atoms with Gasteiger partial charge in [-0.1, -0.05) is 12.1 Å². The summed E-state index contributed by atoms with van der Waals surface area (Å²) >= 11 is 0. The molecule has 7 heteroatoms. The molecule has 0 aliphatic heterocycles. The highest BCUT2D eigenvalue weighted by Gasteiger charge is 2.10. The van der Waals surface area contributed by atoms with Crippen LogP contribution in [-0.4, -0.2) is 29.5 Å². The minimum Gasteiger partial charge on any atom is -0.497 e. The molecule has 0 atom stereocenters. The molecular formula is C20H21N5O2. The Balaban J connectivity index is 1.74. The number of carbonyl (C=O) groups excluding carboxylic acids is 1. The minimum absolute atomic E-state index is 0.216. The van der Waals surface area contributed by atoms with Gasteiger partial charge in [0.05, 0.1) is 12.8 Å². The Kier molecular flexibility index (Phi) is 5.21. The van der Waals surface area contributed by atoms with Crippen molar-refractivity contribution in [2.45, 2.75) is 13.8 Å². The van der Waals surface area contributed by atoms with Crippen molar-refractivity contribution in [3.63, 3.8) is 0 Å². The highest BCUT2D eigenvalue weighted by Crippen LogP contribution is 2.22. The minimum atomic E-state index is -0.216. The van der Waals surface area contributed by atoms with Gasteiger partial charge in [0.1, 0.15) is 17.3 Å². The topological polar surface area (TPSA) is 105 Å². The summed E-state index contributed by atoms with van der Waals surface area (Å²) in [6.07, 6.45) is 0. The second kappa shape index (κ2) is 7.74. The maximum absolute atomic E-state index is 12.5. The number of hydrogen-bond acceptors (Lipinski definition) is 4. The van der Waals surface area contributed by atoms with E-state index in [2.05, 4.69) is 20.5 Å². The van der Waals surface area contributed by atoms with Gasteiger partial charge in [-0.15, -0.1) is 5.10 Å². The molecule has 0 saturated heterocycles. The molecule has 0 aliphatic rings. The number of amides is 1. The van der Waals surface area contributed by atoms with Gasteiger partial charge in [0.15, 0.2) is 0 Å². The third-order valence-corrected chi connectivity index (χ3v) is 3.99. The maximum atomic E-state index is 12.5. The van der Waals surface area contributed by atoms with Crippen LogP contribution in [0.25, 0.3) is 10.9 Å². The number of aromatic nitrogens is 1. The van der Waals surface area contributed by atoms with E-state index in [9.17, 15) is 4.79 Å². The summed E-state index contributed by atoms with van der Waals surface area (Å²) in [5, 5.41) is 11.7. The molecule has 0 bridgehead atoms. The van der Waals surface area contributed by atoms with Gasteiger partial charge in [-0.25, -0.2) is 0 Å². The van der Waals surface area contributed by atoms with Crippen molar-refractivity contribution >= 4 is 34.0 Å². The van der Waals surface area contributed by atoms with Crippen molar-refractivity contribution in [2.75, 3.05) is 12.4 Å². The van der Waals surface area contributed by atoms with E-state index in [0.717, 1.165) is 27.9 Å². The number of H-pyrrole nitrogens is 1. The number of hydrogen-bond donors (Lipinski definition) is 3. The molecule has 7 nitrogen and oxygen atoms in total. The molecule has 1 amide bonds. The summed E-state index contributed by atoms with van der Waals surface area (Å²) in [6, 6.07) is 14.8. The van der Waals surface area contributed by atoms with Crippen LogP contribution >= 0.6 is 0 Å². The molecule has 1 heterocycles. The Morgan fingerprint density at radius 1 is 1.07 bits per heavy atom. The second-order valence-corrected chi connectivity index (χ2v) is 6.09. The lowest BCUT2D eigenvalue weighted by Gasteiger charge is -2.05. The number of nitrogens with zero attached hydrogens (tertiary/aromatic N) is 2. The van der Waals surface area contributed by atoms with E-state index >= 15 is 0 Å². The Morgan fingerprint density at radius 3 is 2.48 bits per heavy atom. The fourth-order valence-electron chi connectivity index (χ4n) is 2.56. The zero-order chi connectivity index (χ0) is 19.4. The first-order valence-electron chi connectivity index (χ1n) is 8.39. The SMILES string of the molecule is COc1ccc2[nH]c(C(=O)Nc3ccc(/C(C)=N\N=C(C)N)cc3)cc2c1. The fraction of sp³-hybridized carbons (Fsp3) is 0.150. The third kappa shape index (κ3) is 4.33. The quantitative estimate of drug-likeness (QED) is 0.367. The third-order valence-electron chi connectivity index (χ3n) is 3.99. The maximum Gasteiger partial charge on any atom is 0.272 e. The summed E-state index contributed by atoms with van der Waals surface area (Å²) in [4.78, 5) is 15.6. The van der Waals surface area contributed by atoms with Gasteiger partial charge < -0.3 is 20.8 Å². The Hall–Kier alpha value is -3.61. The number of benzene rings is 2. The predicted octanol–water partition coefficient (Wildman–Crippen LogP) is 3.53. The number of ether oxygens (including phenoxy) is 1. The molecule has 3 rings (SSSR count). The van der Waals surface area contributed by atoms with Crippen LogP contribution in [0.2, 0.25) is 0 Å². The Labute approximate surface area is 156 Å². The van der Waals surface area contributed by atoms with Gasteiger partial charge in [0.25, 0.3) is 5.91 Å². The van der Waals surface area contributed by atoms with Gasteiger partial charge in [-0.3, -0.25) is 4.79 Å². The lowest BCUT2D eigenvalue weighted by molar-refractivity contribution is 0.102. The van der Waals surface area contributed by atoms with E-state index in [1.807, 2.05) is 49.4 Å². The van der Waals surface area contributed by atoms with Crippen molar-refractivity contribution in [3.8, 4) is 5.75 Å². The lowest BCUT2D eigenvalue weighted by atomic mass is 10.1. The van der Waals surface area contributed by atoms with Crippen LogP contribution in [0.4, 0.5) is 5.69 Å². The molecule has 0 fully saturated rings. The van der Waals surface area contributed by atoms with Gasteiger partial charge in [0, 0.05) is 16.6 Å². The zero-order valence-corrected chi connectivity index (χ0v) is 15.4. The van der Waals surface area contributed by atoms with Crippen molar-refractivity contribution in [1.29, 1.82) is 0 Å². The number of fused-ring (bicyclic) bond motifs is 1. The van der Waals surface area contributed by atoms with Crippen molar-refractivity contribution < 1.29 is 9.53 Å². The highest BCUT2D eigenvalue weighted by molar-refractivity contribution is 6.06. The van der Waals surface area contributed by atoms with Crippen LogP contribution < -0.4 is 15.8 Å². The smallest absolute Gasteiger partial charge is 0.272 e. The van der Waals surface area contributed by atoms with E-state index in [0.29, 0.717) is 17.2 Å². The molecule has 1 aromatic heterocycles. The van der Waals surface area contributed by atoms with Crippen LogP contribution in [0.15, 0.2) is 58.7 Å². The Bertz CT molecular complexity index is 1030. The number of aromatic amines is 1. The molecule has 0 spiro atoms. The number of rotatable bonds is 5. The second-order valence-electron chi connectivity index (χ2n) is 6.09. The van der Waals surface area contributed by atoms with E-state index in [-0.39, 0.29) is 5.91 Å². The standard InChI is InChI=1S/C20H21N5O2/c1-12(24-25-13(2)21)14-4-6-16(7-5-14)22-20(26)19-11-15-10-17(27-3)8-9-18(15)23-19/h4-11,23H,1-3H3,(H2,21,25)(H,22,26)/b24-12-. The van der Waals surface area contributed by atoms with Crippen molar-refractivity contribution in [1.82, 2.24) is 4.98 Å². The molecule has 4 N–H and O–H groups in total. The Morgan fingerprint density at radius 2 is 1.81 bits per heavy atom. The number of carbonyl (C=O) groups is 1. The van der Waals surface area contributed by atoms with E-state index < -0.39 is 0 Å². The average molecular weight is 363 g/mol. The average Bonchev–Trinajstić information content (AvgIpc) is 3.10. The zero-order valence-electron chi connectivity index (χ0n) is 15.4. The van der Waals surface area contributed by atoms with Crippen LogP contribution in [0.3, 0.4) is 0 Å². The first-order valence-corrected chi connectivity index (χ1v) is 8.39. The van der Waals surface area contributed by atoms with Gasteiger partial charge >= 0.3 is 0 Å². The molecule has 138 valence electrons. The van der Waals surface area contributed by atoms with Crippen LogP contribution in [0, 0.1) is 0 Å². The number of methoxy groups -OCH3 is 1. The molecule has 3 aromatic rings. The number of nitrogens with two attached hydrogens (primary N) is 1. The van der Waals surface area contributed by atoms with Crippen LogP contribution in [0.1, 0.15) is 29.9 Å². The van der Waals surface area contributed by atoms with E-state index in [1.54, 1.807) is 20.1 Å². The predicted molar refractivity (Wildman–Crippen MR) is 109 cm³/mol. The number of amidine groups is 1. The molecule has 0 saturated carbocycles. The summed E-state index contributed by atoms with van der Waals surface area (Å²) < 4.78 is 5.21. The summed E-state index contributed by atoms with van der Waals surface area (Å²) in [7, 11) is 1.61. The molecule has 0 radical (unpaired) electrons. The first kappa shape index (κ1) is 18.2. The summed E-state index contributed by atoms with van der Waals surface area (Å²) in [5.74, 6) is 0.927. The first-order chi connectivity index (χ1) is 13.0. The van der Waals surface area contributed by atoms with Crippen LogP contribution in [0.5, 0.6) is 5.75 Å². The molecule has 2 aromatic carbocycles. The molecule has 0 aliphatic carbocycles. The van der Waals surface area contributed by atoms with E-state index in [1.165, 1.54) is 0 Å². The van der Waals surface area contributed by atoms with Crippen LogP contribution in [-0.2, 0) is 0 Å². The van der Waals surface area contributed by atoms with Gasteiger partial charge in [-0.05, 0) is 55.8 Å². The lowest BCUT2D eigenvalue weighted by Crippen LogP contribution is -2.12. The summed E-state index contributed by atoms with van der Waals surface area (Å²) in [5.41, 5.74) is 9.16. The highest BCUT2D eigenvalue weighted by atomic mass is 16.5. The number of nitrogens with one attached hydrogen (secondary N) is 2. The molecule has 27 heavy (non-hydrogen) atoms. The van der Waals surface area contributed by atoms with Gasteiger partial charge in [0.2, 0.25) is 0 Å².